The van der Waals surface area contributed by atoms with E-state index in [1.54, 1.807) is 0 Å². The fourth-order valence-electron chi connectivity index (χ4n) is 10.0. The van der Waals surface area contributed by atoms with Crippen LogP contribution in [0.5, 0.6) is 0 Å². The van der Waals surface area contributed by atoms with E-state index in [9.17, 15) is 0 Å². The van der Waals surface area contributed by atoms with Crippen LogP contribution in [0.4, 0.5) is 34.1 Å². The molecule has 0 aliphatic rings. The van der Waals surface area contributed by atoms with Crippen molar-refractivity contribution in [2.45, 2.75) is 67.2 Å². The molecule has 0 spiro atoms. The highest BCUT2D eigenvalue weighted by atomic mass is 16.3. The minimum atomic E-state index is 0.422. The van der Waals surface area contributed by atoms with Crippen molar-refractivity contribution in [1.82, 2.24) is 0 Å². The van der Waals surface area contributed by atoms with Crippen molar-refractivity contribution in [1.29, 1.82) is 0 Å². The molecule has 0 radical (unpaired) electrons. The van der Waals surface area contributed by atoms with E-state index >= 15 is 0 Å². The lowest BCUT2D eigenvalue weighted by molar-refractivity contribution is 0.663. The zero-order valence-corrected chi connectivity index (χ0v) is 37.9. The maximum Gasteiger partial charge on any atom is 0.136 e. The number of furan rings is 2. The number of benzene rings is 9. The Morgan fingerprint density at radius 3 is 1.11 bits per heavy atom. The third kappa shape index (κ3) is 6.51. The first-order valence-electron chi connectivity index (χ1n) is 22.6. The van der Waals surface area contributed by atoms with Crippen LogP contribution in [-0.2, 0) is 0 Å². The standard InChI is InChI=1S/C60H52N2O2/c1-35(2)41-17-11-19-47(27-41)61(59-37(5)13-9-14-38(59)6)49-23-21-43-31-51-55(33-45(43)29-49)63-53-25-26-54-58(57(51)53)52-32-44-22-24-50(30-46(44)34-56(52)64-54)62(60-39(7)15-10-16-40(60)8)48-20-12-18-42(28-48)36(3)4/h9-36H,1-8H3. The summed E-state index contributed by atoms with van der Waals surface area (Å²) in [6.45, 7) is 17.8. The van der Waals surface area contributed by atoms with E-state index in [2.05, 4.69) is 223 Å². The van der Waals surface area contributed by atoms with Gasteiger partial charge in [0.25, 0.3) is 0 Å². The van der Waals surface area contributed by atoms with Gasteiger partial charge >= 0.3 is 0 Å². The molecular weight excluding hydrogens is 781 g/mol. The summed E-state index contributed by atoms with van der Waals surface area (Å²) >= 11 is 0. The molecule has 0 fully saturated rings. The van der Waals surface area contributed by atoms with Crippen molar-refractivity contribution in [3.8, 4) is 0 Å². The molecule has 0 saturated carbocycles. The van der Waals surface area contributed by atoms with Crippen LogP contribution in [0.15, 0.2) is 167 Å². The summed E-state index contributed by atoms with van der Waals surface area (Å²) in [7, 11) is 0. The largest absolute Gasteiger partial charge is 0.456 e. The molecule has 4 heteroatoms. The van der Waals surface area contributed by atoms with Crippen molar-refractivity contribution in [3.05, 3.63) is 191 Å². The fraction of sp³-hybridized carbons (Fsp3) is 0.167. The van der Waals surface area contributed by atoms with Gasteiger partial charge in [0.05, 0.1) is 11.4 Å². The second-order valence-electron chi connectivity index (χ2n) is 18.4. The van der Waals surface area contributed by atoms with Crippen LogP contribution in [0.2, 0.25) is 0 Å². The first-order chi connectivity index (χ1) is 31.0. The number of rotatable bonds is 8. The van der Waals surface area contributed by atoms with Crippen LogP contribution in [0.1, 0.15) is 72.9 Å². The van der Waals surface area contributed by atoms with Crippen LogP contribution in [0.3, 0.4) is 0 Å². The summed E-state index contributed by atoms with van der Waals surface area (Å²) < 4.78 is 13.5. The van der Waals surface area contributed by atoms with E-state index in [0.717, 1.165) is 88.2 Å². The van der Waals surface area contributed by atoms with Crippen LogP contribution < -0.4 is 9.80 Å². The third-order valence-electron chi connectivity index (χ3n) is 13.4. The van der Waals surface area contributed by atoms with Gasteiger partial charge in [-0.15, -0.1) is 0 Å². The molecule has 314 valence electrons. The van der Waals surface area contributed by atoms with Crippen molar-refractivity contribution in [3.63, 3.8) is 0 Å². The molecular formula is C60H52N2O2. The molecule has 0 unspecified atom stereocenters. The summed E-state index contributed by atoms with van der Waals surface area (Å²) in [5.41, 5.74) is 18.0. The molecule has 11 rings (SSSR count). The summed E-state index contributed by atoms with van der Waals surface area (Å²) in [4.78, 5) is 4.83. The summed E-state index contributed by atoms with van der Waals surface area (Å²) in [6, 6.07) is 57.8. The van der Waals surface area contributed by atoms with Gasteiger partial charge in [-0.3, -0.25) is 0 Å². The molecule has 0 aliphatic carbocycles. The Kier molecular flexibility index (Phi) is 9.39. The van der Waals surface area contributed by atoms with E-state index in [4.69, 9.17) is 8.83 Å². The molecule has 0 amide bonds. The maximum absolute atomic E-state index is 6.73. The van der Waals surface area contributed by atoms with Gasteiger partial charge in [-0.2, -0.15) is 0 Å². The predicted molar refractivity (Wildman–Crippen MR) is 273 cm³/mol. The Morgan fingerprint density at radius 2 is 0.719 bits per heavy atom. The SMILES string of the molecule is Cc1cccc(C)c1N(c1cccc(C(C)C)c1)c1ccc2cc3c(cc2c1)oc1ccc2oc4cc5cc(N(c6cccc(C(C)C)c6)c6c(C)cccc6C)ccc5cc4c2c13. The zero-order chi connectivity index (χ0) is 44.0. The Hall–Kier alpha value is -7.30. The molecule has 11 aromatic rings. The molecule has 0 aliphatic heterocycles. The van der Waals surface area contributed by atoms with Gasteiger partial charge < -0.3 is 18.6 Å². The lowest BCUT2D eigenvalue weighted by atomic mass is 9.99. The average molecular weight is 833 g/mol. The monoisotopic (exact) mass is 832 g/mol. The van der Waals surface area contributed by atoms with Crippen LogP contribution in [0.25, 0.3) is 65.4 Å². The van der Waals surface area contributed by atoms with Crippen LogP contribution >= 0.6 is 0 Å². The van der Waals surface area contributed by atoms with Crippen molar-refractivity contribution >= 4 is 99.5 Å². The van der Waals surface area contributed by atoms with E-state index in [1.165, 1.54) is 44.8 Å². The lowest BCUT2D eigenvalue weighted by Gasteiger charge is -2.29. The van der Waals surface area contributed by atoms with E-state index in [-0.39, 0.29) is 0 Å². The zero-order valence-electron chi connectivity index (χ0n) is 37.9. The quantitative estimate of drug-likeness (QED) is 0.153. The first-order valence-corrected chi connectivity index (χ1v) is 22.6. The number of anilines is 6. The summed E-state index contributed by atoms with van der Waals surface area (Å²) in [6.07, 6.45) is 0. The van der Waals surface area contributed by atoms with Crippen LogP contribution in [-0.4, -0.2) is 0 Å². The fourth-order valence-corrected chi connectivity index (χ4v) is 10.0. The molecule has 4 nitrogen and oxygen atoms in total. The van der Waals surface area contributed by atoms with E-state index in [0.29, 0.717) is 11.8 Å². The highest BCUT2D eigenvalue weighted by molar-refractivity contribution is 6.28. The van der Waals surface area contributed by atoms with Gasteiger partial charge in [0, 0.05) is 44.3 Å². The van der Waals surface area contributed by atoms with Gasteiger partial charge in [0.15, 0.2) is 0 Å². The molecule has 0 bridgehead atoms. The molecule has 0 N–H and O–H groups in total. The van der Waals surface area contributed by atoms with Crippen molar-refractivity contribution < 1.29 is 8.83 Å². The van der Waals surface area contributed by atoms with Gasteiger partial charge in [0.1, 0.15) is 22.3 Å². The Bertz CT molecular complexity index is 3360. The average Bonchev–Trinajstić information content (AvgIpc) is 3.83. The van der Waals surface area contributed by atoms with Gasteiger partial charge in [0.2, 0.25) is 0 Å². The predicted octanol–water partition coefficient (Wildman–Crippen LogP) is 18.2. The smallest absolute Gasteiger partial charge is 0.136 e. The number of aryl methyl sites for hydroxylation is 4. The first kappa shape index (κ1) is 39.5. The highest BCUT2D eigenvalue weighted by Crippen LogP contribution is 2.46. The molecule has 2 heterocycles. The minimum absolute atomic E-state index is 0.422. The Labute approximate surface area is 375 Å². The van der Waals surface area contributed by atoms with Crippen molar-refractivity contribution in [2.75, 3.05) is 9.80 Å². The Morgan fingerprint density at radius 1 is 0.344 bits per heavy atom. The third-order valence-corrected chi connectivity index (χ3v) is 13.4. The molecule has 9 aromatic carbocycles. The lowest BCUT2D eigenvalue weighted by Crippen LogP contribution is -2.13. The van der Waals surface area contributed by atoms with E-state index in [1.807, 2.05) is 0 Å². The second kappa shape index (κ2) is 15.2. The van der Waals surface area contributed by atoms with Crippen molar-refractivity contribution in [2.24, 2.45) is 0 Å². The number of hydrogen-bond acceptors (Lipinski definition) is 4. The normalized spacial score (nSPS) is 12.0. The second-order valence-corrected chi connectivity index (χ2v) is 18.4. The maximum atomic E-state index is 6.73. The van der Waals surface area contributed by atoms with E-state index < -0.39 is 0 Å². The van der Waals surface area contributed by atoms with Gasteiger partial charge in [-0.25, -0.2) is 0 Å². The number of nitrogens with zero attached hydrogens (tertiary/aromatic N) is 2. The number of hydrogen-bond donors (Lipinski definition) is 0. The molecule has 64 heavy (non-hydrogen) atoms. The van der Waals surface area contributed by atoms with Gasteiger partial charge in [-0.05, 0) is 179 Å². The highest BCUT2D eigenvalue weighted by Gasteiger charge is 2.22. The molecule has 2 aromatic heterocycles. The number of fused-ring (bicyclic) bond motifs is 9. The van der Waals surface area contributed by atoms with Crippen LogP contribution in [0, 0.1) is 27.7 Å². The summed E-state index contributed by atoms with van der Waals surface area (Å²) in [5.74, 6) is 0.845. The summed E-state index contributed by atoms with van der Waals surface area (Å²) in [5, 5.41) is 8.91. The minimum Gasteiger partial charge on any atom is -0.456 e. The van der Waals surface area contributed by atoms with Gasteiger partial charge in [-0.1, -0.05) is 100 Å². The molecule has 0 saturated heterocycles. The Balaban J connectivity index is 1.05. The molecule has 0 atom stereocenters. The number of para-hydroxylation sites is 2. The topological polar surface area (TPSA) is 32.8 Å².